The van der Waals surface area contributed by atoms with Crippen LogP contribution in [0.4, 0.5) is 4.39 Å². The van der Waals surface area contributed by atoms with Gasteiger partial charge in [0, 0.05) is 0 Å². The zero-order chi connectivity index (χ0) is 17.7. The molecule has 2 N–H and O–H groups in total. The molecule has 0 aliphatic rings. The van der Waals surface area contributed by atoms with Crippen LogP contribution in [-0.2, 0) is 14.8 Å². The third kappa shape index (κ3) is 4.53. The second-order valence-electron chi connectivity index (χ2n) is 5.12. The fourth-order valence-electron chi connectivity index (χ4n) is 2.02. The van der Waals surface area contributed by atoms with Crippen molar-refractivity contribution >= 4 is 15.9 Å². The summed E-state index contributed by atoms with van der Waals surface area (Å²) in [6.45, 7) is 3.32. The highest BCUT2D eigenvalue weighted by Gasteiger charge is 2.16. The monoisotopic (exact) mass is 352 g/mol. The van der Waals surface area contributed by atoms with Gasteiger partial charge < -0.3 is 4.74 Å². The second-order valence-corrected chi connectivity index (χ2v) is 6.80. The average Bonchev–Trinajstić information content (AvgIpc) is 2.52. The summed E-state index contributed by atoms with van der Waals surface area (Å²) in [5, 5.41) is 0. The average molecular weight is 352 g/mol. The van der Waals surface area contributed by atoms with Gasteiger partial charge in [-0.3, -0.25) is 10.2 Å². The first-order valence-electron chi connectivity index (χ1n) is 7.05. The van der Waals surface area contributed by atoms with Gasteiger partial charge in [-0.05, 0) is 43.2 Å². The van der Waals surface area contributed by atoms with Gasteiger partial charge in [-0.25, -0.2) is 12.8 Å². The molecule has 128 valence electrons. The molecular formula is C16H17FN2O4S. The SMILES string of the molecule is Cc1cccc(C)c1OCC(=O)NNS(=O)(=O)c1cccc(F)c1. The summed E-state index contributed by atoms with van der Waals surface area (Å²) in [7, 11) is -4.05. The van der Waals surface area contributed by atoms with Crippen LogP contribution >= 0.6 is 0 Å². The molecule has 0 saturated carbocycles. The molecule has 0 saturated heterocycles. The maximum absolute atomic E-state index is 13.1. The summed E-state index contributed by atoms with van der Waals surface area (Å²) in [5.74, 6) is -0.805. The Morgan fingerprint density at radius 1 is 1.12 bits per heavy atom. The number of rotatable bonds is 6. The van der Waals surface area contributed by atoms with Gasteiger partial charge in [0.1, 0.15) is 11.6 Å². The molecule has 8 heteroatoms. The van der Waals surface area contributed by atoms with Crippen molar-refractivity contribution in [2.45, 2.75) is 18.7 Å². The highest BCUT2D eigenvalue weighted by Crippen LogP contribution is 2.21. The van der Waals surface area contributed by atoms with E-state index in [9.17, 15) is 17.6 Å². The molecule has 0 aliphatic carbocycles. The van der Waals surface area contributed by atoms with E-state index in [4.69, 9.17) is 4.74 Å². The first kappa shape index (κ1) is 17.9. The van der Waals surface area contributed by atoms with E-state index < -0.39 is 21.7 Å². The van der Waals surface area contributed by atoms with Crippen molar-refractivity contribution in [1.29, 1.82) is 0 Å². The number of amides is 1. The van der Waals surface area contributed by atoms with E-state index in [1.54, 1.807) is 0 Å². The van der Waals surface area contributed by atoms with Crippen LogP contribution in [0.5, 0.6) is 5.75 Å². The summed E-state index contributed by atoms with van der Waals surface area (Å²) in [5.41, 5.74) is 3.75. The molecular weight excluding hydrogens is 335 g/mol. The normalized spacial score (nSPS) is 11.1. The Morgan fingerprint density at radius 3 is 2.38 bits per heavy atom. The molecule has 2 rings (SSSR count). The smallest absolute Gasteiger partial charge is 0.272 e. The number of hydrogen-bond acceptors (Lipinski definition) is 4. The first-order valence-corrected chi connectivity index (χ1v) is 8.53. The van der Waals surface area contributed by atoms with Crippen molar-refractivity contribution < 1.29 is 22.3 Å². The molecule has 2 aromatic rings. The van der Waals surface area contributed by atoms with Crippen LogP contribution in [0.15, 0.2) is 47.4 Å². The lowest BCUT2D eigenvalue weighted by Gasteiger charge is -2.12. The van der Waals surface area contributed by atoms with Crippen molar-refractivity contribution in [3.05, 3.63) is 59.4 Å². The van der Waals surface area contributed by atoms with Crippen LogP contribution < -0.4 is 15.0 Å². The van der Waals surface area contributed by atoms with E-state index in [0.29, 0.717) is 5.75 Å². The van der Waals surface area contributed by atoms with Crippen molar-refractivity contribution in [3.8, 4) is 5.75 Å². The standard InChI is InChI=1S/C16H17FN2O4S/c1-11-5-3-6-12(2)16(11)23-10-15(20)18-19-24(21,22)14-8-4-7-13(17)9-14/h3-9,19H,10H2,1-2H3,(H,18,20). The Labute approximate surface area is 139 Å². The van der Waals surface area contributed by atoms with E-state index in [1.165, 1.54) is 12.1 Å². The largest absolute Gasteiger partial charge is 0.483 e. The Hall–Kier alpha value is -2.45. The van der Waals surface area contributed by atoms with Gasteiger partial charge in [0.15, 0.2) is 6.61 Å². The Kier molecular flexibility index (Phi) is 5.53. The Balaban J connectivity index is 1.94. The van der Waals surface area contributed by atoms with E-state index in [0.717, 1.165) is 23.3 Å². The fraction of sp³-hybridized carbons (Fsp3) is 0.188. The third-order valence-corrected chi connectivity index (χ3v) is 4.43. The molecule has 0 unspecified atom stereocenters. The molecule has 0 radical (unpaired) electrons. The number of carbonyl (C=O) groups is 1. The maximum atomic E-state index is 13.1. The first-order chi connectivity index (χ1) is 11.3. The number of ether oxygens (including phenoxy) is 1. The van der Waals surface area contributed by atoms with Crippen LogP contribution in [-0.4, -0.2) is 20.9 Å². The van der Waals surface area contributed by atoms with Crippen molar-refractivity contribution in [1.82, 2.24) is 10.3 Å². The van der Waals surface area contributed by atoms with Crippen molar-refractivity contribution in [3.63, 3.8) is 0 Å². The highest BCUT2D eigenvalue weighted by molar-refractivity contribution is 7.89. The number of hydrazine groups is 1. The summed E-state index contributed by atoms with van der Waals surface area (Å²) < 4.78 is 42.4. The molecule has 0 atom stereocenters. The van der Waals surface area contributed by atoms with Gasteiger partial charge in [-0.1, -0.05) is 24.3 Å². The summed E-state index contributed by atoms with van der Waals surface area (Å²) in [6, 6.07) is 9.99. The minimum atomic E-state index is -4.05. The molecule has 24 heavy (non-hydrogen) atoms. The highest BCUT2D eigenvalue weighted by atomic mass is 32.2. The lowest BCUT2D eigenvalue weighted by molar-refractivity contribution is -0.123. The molecule has 0 aliphatic heterocycles. The number of aryl methyl sites for hydroxylation is 2. The zero-order valence-corrected chi connectivity index (χ0v) is 14.0. The van der Waals surface area contributed by atoms with Crippen LogP contribution in [0, 0.1) is 19.7 Å². The minimum absolute atomic E-state index is 0.293. The quantitative estimate of drug-likeness (QED) is 0.777. The Bertz CT molecular complexity index is 833. The number of nitrogens with one attached hydrogen (secondary N) is 2. The van der Waals surface area contributed by atoms with E-state index in [1.807, 2.05) is 42.3 Å². The number of benzene rings is 2. The third-order valence-electron chi connectivity index (χ3n) is 3.19. The van der Waals surface area contributed by atoms with E-state index in [2.05, 4.69) is 0 Å². The van der Waals surface area contributed by atoms with Gasteiger partial charge in [-0.2, -0.15) is 0 Å². The van der Waals surface area contributed by atoms with E-state index >= 15 is 0 Å². The maximum Gasteiger partial charge on any atom is 0.272 e. The number of sulfonamides is 1. The molecule has 2 aromatic carbocycles. The van der Waals surface area contributed by atoms with Crippen molar-refractivity contribution in [2.75, 3.05) is 6.61 Å². The summed E-state index contributed by atoms with van der Waals surface area (Å²) in [4.78, 5) is 13.3. The van der Waals surface area contributed by atoms with Crippen LogP contribution in [0.1, 0.15) is 11.1 Å². The molecule has 0 fully saturated rings. The number of hydrogen-bond donors (Lipinski definition) is 2. The van der Waals surface area contributed by atoms with Gasteiger partial charge in [0.2, 0.25) is 0 Å². The lowest BCUT2D eigenvalue weighted by atomic mass is 10.1. The zero-order valence-electron chi connectivity index (χ0n) is 13.2. The van der Waals surface area contributed by atoms with Gasteiger partial charge in [0.05, 0.1) is 4.90 Å². The number of para-hydroxylation sites is 1. The van der Waals surface area contributed by atoms with Crippen LogP contribution in [0.2, 0.25) is 0 Å². The molecule has 0 aromatic heterocycles. The molecule has 6 nitrogen and oxygen atoms in total. The predicted molar refractivity (Wildman–Crippen MR) is 86.3 cm³/mol. The summed E-state index contributed by atoms with van der Waals surface area (Å²) in [6.07, 6.45) is 0. The van der Waals surface area contributed by atoms with Crippen LogP contribution in [0.3, 0.4) is 0 Å². The Morgan fingerprint density at radius 2 is 1.75 bits per heavy atom. The van der Waals surface area contributed by atoms with Gasteiger partial charge in [-0.15, -0.1) is 4.83 Å². The van der Waals surface area contributed by atoms with Crippen molar-refractivity contribution in [2.24, 2.45) is 0 Å². The molecule has 0 bridgehead atoms. The topological polar surface area (TPSA) is 84.5 Å². The molecule has 0 heterocycles. The number of carbonyl (C=O) groups excluding carboxylic acids is 1. The lowest BCUT2D eigenvalue weighted by Crippen LogP contribution is -2.43. The van der Waals surface area contributed by atoms with Gasteiger partial charge >= 0.3 is 0 Å². The van der Waals surface area contributed by atoms with Crippen LogP contribution in [0.25, 0.3) is 0 Å². The minimum Gasteiger partial charge on any atom is -0.483 e. The van der Waals surface area contributed by atoms with E-state index in [-0.39, 0.29) is 11.5 Å². The summed E-state index contributed by atoms with van der Waals surface area (Å²) >= 11 is 0. The predicted octanol–water partition coefficient (Wildman–Crippen LogP) is 1.83. The molecule has 1 amide bonds. The molecule has 0 spiro atoms. The van der Waals surface area contributed by atoms with Gasteiger partial charge in [0.25, 0.3) is 15.9 Å². The number of halogens is 1. The second kappa shape index (κ2) is 7.41. The fourth-order valence-corrected chi connectivity index (χ4v) is 2.91.